The summed E-state index contributed by atoms with van der Waals surface area (Å²) in [5.74, 6) is -3.08. The second kappa shape index (κ2) is 13.7. The van der Waals surface area contributed by atoms with Gasteiger partial charge in [0, 0.05) is 6.20 Å². The third-order valence-electron chi connectivity index (χ3n) is 9.66. The Morgan fingerprint density at radius 3 is 1.84 bits per heavy atom. The van der Waals surface area contributed by atoms with Crippen LogP contribution in [0.2, 0.25) is 0 Å². The molecule has 0 amide bonds. The third kappa shape index (κ3) is 5.51. The van der Waals surface area contributed by atoms with E-state index >= 15 is 8.78 Å². The van der Waals surface area contributed by atoms with Gasteiger partial charge in [0.05, 0.1) is 0 Å². The molecule has 0 fully saturated rings. The maximum absolute atomic E-state index is 17.1. The zero-order valence-corrected chi connectivity index (χ0v) is 31.2. The van der Waals surface area contributed by atoms with E-state index in [9.17, 15) is 0 Å². The molecule has 10 rings (SSSR count). The third-order valence-corrected chi connectivity index (χ3v) is 10.7. The van der Waals surface area contributed by atoms with E-state index in [4.69, 9.17) is 13.7 Å². The number of aromatic nitrogens is 4. The summed E-state index contributed by atoms with van der Waals surface area (Å²) in [6, 6.07) is 32.2. The average molecular weight is 918 g/mol. The van der Waals surface area contributed by atoms with Crippen LogP contribution in [0.15, 0.2) is 182 Å². The molecule has 0 atom stereocenters. The number of benzene rings is 7. The Kier molecular flexibility index (Phi) is 6.06. The first-order valence-electron chi connectivity index (χ1n) is 22.4. The van der Waals surface area contributed by atoms with Gasteiger partial charge in [0.25, 0.3) is 0 Å². The standard InChI is InChI=1S/C49H30F2N4.Pt/c50-49(51,37-28-29-42-41-21-7-8-24-43(41)55(46(42)32-37)47-27-11-12-30-52-47)36-19-13-20-38(31-36)53-33-54(45-26-10-9-25-44(45)53)48-39(34-15-3-1-4-16-34)22-14-23-40(48)35-17-5-2-6-18-35;/h1-30H;/q-2;/i1D,2D,3D,4D,5D,6D,15D,16D,17D,18D;. The van der Waals surface area contributed by atoms with Crippen molar-refractivity contribution in [1.82, 2.24) is 18.7 Å². The molecule has 0 aliphatic rings. The van der Waals surface area contributed by atoms with Crippen LogP contribution in [0.5, 0.6) is 0 Å². The van der Waals surface area contributed by atoms with Gasteiger partial charge in [0.1, 0.15) is 0 Å². The number of hydrogen-bond donors (Lipinski definition) is 0. The summed E-state index contributed by atoms with van der Waals surface area (Å²) in [6.45, 7) is 0. The van der Waals surface area contributed by atoms with Gasteiger partial charge in [-0.3, -0.25) is 0 Å². The number of halogens is 2. The first-order valence-corrected chi connectivity index (χ1v) is 18.5. The molecule has 3 aromatic heterocycles. The topological polar surface area (TPSA) is 27.7 Å². The molecular formula is C49H30F2N4Pt-2. The predicted octanol–water partition coefficient (Wildman–Crippen LogP) is 12.1. The van der Waals surface area contributed by atoms with E-state index in [-0.39, 0.29) is 33.6 Å². The number of alkyl halides is 2. The van der Waals surface area contributed by atoms with Gasteiger partial charge in [0.15, 0.2) is 0 Å². The predicted molar refractivity (Wildman–Crippen MR) is 216 cm³/mol. The number of imidazole rings is 1. The maximum atomic E-state index is 17.1. The van der Waals surface area contributed by atoms with Crippen LogP contribution in [0.1, 0.15) is 24.8 Å². The number of fused-ring (bicyclic) bond motifs is 4. The normalized spacial score (nSPS) is 14.4. The molecule has 0 saturated carbocycles. The van der Waals surface area contributed by atoms with Crippen LogP contribution in [0.25, 0.3) is 72.3 Å². The molecule has 0 aliphatic carbocycles. The van der Waals surface area contributed by atoms with E-state index in [2.05, 4.69) is 17.1 Å². The molecule has 0 aliphatic heterocycles. The van der Waals surface area contributed by atoms with Gasteiger partial charge in [-0.05, 0) is 6.07 Å². The fourth-order valence-corrected chi connectivity index (χ4v) is 8.30. The van der Waals surface area contributed by atoms with Crippen molar-refractivity contribution in [3.05, 3.63) is 209 Å². The van der Waals surface area contributed by atoms with Crippen LogP contribution >= 0.6 is 0 Å². The molecule has 0 spiro atoms. The molecule has 0 saturated heterocycles. The van der Waals surface area contributed by atoms with Gasteiger partial charge < -0.3 is 0 Å². The summed E-state index contributed by atoms with van der Waals surface area (Å²) < 4.78 is 127. The summed E-state index contributed by atoms with van der Waals surface area (Å²) >= 11 is 2.00. The van der Waals surface area contributed by atoms with Crippen LogP contribution < -0.4 is 0 Å². The number of para-hydroxylation sites is 4. The Morgan fingerprint density at radius 2 is 1.16 bits per heavy atom. The van der Waals surface area contributed by atoms with Gasteiger partial charge in [-0.1, -0.05) is 18.2 Å². The molecule has 272 valence electrons. The number of nitrogens with zero attached hydrogens (tertiary/aromatic N) is 4. The van der Waals surface area contributed by atoms with Crippen molar-refractivity contribution in [1.29, 1.82) is 0 Å². The van der Waals surface area contributed by atoms with E-state index in [0.717, 1.165) is 16.3 Å². The van der Waals surface area contributed by atoms with Crippen LogP contribution in [-0.4, -0.2) is 18.7 Å². The van der Waals surface area contributed by atoms with E-state index in [1.165, 1.54) is 36.4 Å². The Hall–Kier alpha value is -6.49. The monoisotopic (exact) mass is 917 g/mol. The first-order chi connectivity index (χ1) is 31.6. The van der Waals surface area contributed by atoms with E-state index < -0.39 is 77.5 Å². The van der Waals surface area contributed by atoms with Crippen molar-refractivity contribution >= 4 is 32.8 Å². The molecule has 4 nitrogen and oxygen atoms in total. The van der Waals surface area contributed by atoms with Gasteiger partial charge in [0.2, 0.25) is 0 Å². The van der Waals surface area contributed by atoms with Crippen molar-refractivity contribution in [2.24, 2.45) is 0 Å². The summed E-state index contributed by atoms with van der Waals surface area (Å²) in [5, 5.41) is 1.57. The molecule has 0 radical (unpaired) electrons. The van der Waals surface area contributed by atoms with Crippen molar-refractivity contribution in [3.63, 3.8) is 0 Å². The van der Waals surface area contributed by atoms with Crippen LogP contribution in [0.3, 0.4) is 0 Å². The minimum absolute atomic E-state index is 0.0841. The van der Waals surface area contributed by atoms with Crippen molar-refractivity contribution in [2.75, 3.05) is 0 Å². The van der Waals surface area contributed by atoms with Crippen molar-refractivity contribution < 1.29 is 41.8 Å². The van der Waals surface area contributed by atoms with E-state index in [1.54, 1.807) is 68.4 Å². The number of pyridine rings is 1. The molecule has 0 bridgehead atoms. The second-order valence-corrected chi connectivity index (χ2v) is 13.8. The van der Waals surface area contributed by atoms with Crippen LogP contribution in [-0.2, 0) is 25.3 Å². The first kappa shape index (κ1) is 24.8. The number of rotatable bonds is 7. The van der Waals surface area contributed by atoms with Gasteiger partial charge in [-0.15, -0.1) is 0 Å². The van der Waals surface area contributed by atoms with Crippen molar-refractivity contribution in [3.8, 4) is 39.4 Å². The molecule has 0 unspecified atom stereocenters. The van der Waals surface area contributed by atoms with E-state index in [1.807, 2.05) is 49.7 Å². The van der Waals surface area contributed by atoms with E-state index in [0.29, 0.717) is 26.2 Å². The summed E-state index contributed by atoms with van der Waals surface area (Å²) in [5.41, 5.74) is 1.34. The zero-order valence-electron chi connectivity index (χ0n) is 38.9. The molecule has 3 heterocycles. The minimum atomic E-state index is -3.62. The molecule has 56 heavy (non-hydrogen) atoms. The van der Waals surface area contributed by atoms with Gasteiger partial charge in [-0.2, -0.15) is 0 Å². The number of hydrogen-bond acceptors (Lipinski definition) is 1. The Morgan fingerprint density at radius 1 is 0.554 bits per heavy atom. The Labute approximate surface area is 346 Å². The summed E-state index contributed by atoms with van der Waals surface area (Å²) in [7, 11) is 0. The second-order valence-electron chi connectivity index (χ2n) is 12.8. The summed E-state index contributed by atoms with van der Waals surface area (Å²) in [4.78, 5) is 4.52. The van der Waals surface area contributed by atoms with Gasteiger partial charge in [-0.25, -0.2) is 0 Å². The molecule has 0 N–H and O–H groups in total. The van der Waals surface area contributed by atoms with Crippen LogP contribution in [0, 0.1) is 15.9 Å². The fraction of sp³-hybridized carbons (Fsp3) is 0.0204. The SMILES string of the molecule is [2H]c1c([2H])c([2H])c(-c2cccc(-c3c([2H])c([2H])c([2H])c([2H])c3[2H])c2-n2[c](=[Pt])n(-c3[c-]c(C(F)(F)c4[c-]c5c(cc4)c4ccccc4n5-c4ccccn4)ccc3)c3ccccc32)c([2H])c1[2H]. The average Bonchev–Trinajstić information content (AvgIpc) is 3.82. The molecule has 7 aromatic carbocycles. The fourth-order valence-electron chi connectivity index (χ4n) is 7.23. The zero-order chi connectivity index (χ0) is 46.5. The Bertz CT molecular complexity index is 3590. The quantitative estimate of drug-likeness (QED) is 0.146. The molecular weight excluding hydrogens is 878 g/mol. The molecule has 10 aromatic rings. The molecule has 7 heteroatoms. The van der Waals surface area contributed by atoms with Gasteiger partial charge >= 0.3 is 317 Å². The summed E-state index contributed by atoms with van der Waals surface area (Å²) in [6.07, 6.45) is 1.63. The van der Waals surface area contributed by atoms with Crippen molar-refractivity contribution in [2.45, 2.75) is 5.92 Å². The Balaban J connectivity index is 1.22. The van der Waals surface area contributed by atoms with Crippen LogP contribution in [0.4, 0.5) is 8.78 Å².